The van der Waals surface area contributed by atoms with Crippen molar-refractivity contribution in [3.8, 4) is 11.1 Å². The van der Waals surface area contributed by atoms with Crippen molar-refractivity contribution < 1.29 is 0 Å². The Labute approximate surface area is 104 Å². The van der Waals surface area contributed by atoms with Crippen molar-refractivity contribution in [3.63, 3.8) is 0 Å². The topological polar surface area (TPSA) is 30.7 Å². The fourth-order valence-corrected chi connectivity index (χ4v) is 2.11. The third-order valence-corrected chi connectivity index (χ3v) is 2.95. The van der Waals surface area contributed by atoms with Crippen molar-refractivity contribution in [2.75, 3.05) is 0 Å². The molecule has 0 saturated carbocycles. The monoisotopic (exact) mass is 243 g/mol. The van der Waals surface area contributed by atoms with Crippen LogP contribution in [-0.2, 0) is 7.05 Å². The lowest BCUT2D eigenvalue weighted by Gasteiger charge is -1.97. The molecule has 1 aromatic carbocycles. The molecule has 2 aromatic heterocycles. The second-order valence-corrected chi connectivity index (χ2v) is 4.23. The zero-order valence-corrected chi connectivity index (χ0v) is 10.0. The van der Waals surface area contributed by atoms with Gasteiger partial charge < -0.3 is 4.57 Å². The van der Waals surface area contributed by atoms with E-state index in [0.29, 0.717) is 0 Å². The molecular formula is C13H10ClN3. The highest BCUT2D eigenvalue weighted by molar-refractivity contribution is 6.28. The van der Waals surface area contributed by atoms with E-state index < -0.39 is 0 Å². The highest BCUT2D eigenvalue weighted by Gasteiger charge is 2.10. The number of halogens is 1. The summed E-state index contributed by atoms with van der Waals surface area (Å²) in [5, 5.41) is 1.29. The van der Waals surface area contributed by atoms with E-state index in [2.05, 4.69) is 22.1 Å². The number of aromatic nitrogens is 3. The van der Waals surface area contributed by atoms with Gasteiger partial charge in [-0.3, -0.25) is 0 Å². The summed E-state index contributed by atoms with van der Waals surface area (Å²) in [6, 6.07) is 10.2. The molecule has 0 unspecified atom stereocenters. The highest BCUT2D eigenvalue weighted by atomic mass is 35.5. The summed E-state index contributed by atoms with van der Waals surface area (Å²) in [6.45, 7) is 0. The number of aryl methyl sites for hydroxylation is 1. The molecule has 0 aliphatic heterocycles. The number of hydrogen-bond acceptors (Lipinski definition) is 2. The molecule has 17 heavy (non-hydrogen) atoms. The van der Waals surface area contributed by atoms with Gasteiger partial charge in [-0.1, -0.05) is 30.3 Å². The van der Waals surface area contributed by atoms with E-state index in [0.717, 1.165) is 22.2 Å². The summed E-state index contributed by atoms with van der Waals surface area (Å²) in [6.07, 6.45) is 3.82. The van der Waals surface area contributed by atoms with Crippen molar-refractivity contribution >= 4 is 22.6 Å². The molecule has 0 N–H and O–H groups in total. The molecule has 0 aliphatic rings. The van der Waals surface area contributed by atoms with E-state index in [1.165, 1.54) is 0 Å². The quantitative estimate of drug-likeness (QED) is 0.614. The van der Waals surface area contributed by atoms with Gasteiger partial charge in [0.05, 0.1) is 0 Å². The molecule has 0 spiro atoms. The van der Waals surface area contributed by atoms with Crippen molar-refractivity contribution in [3.05, 3.63) is 48.0 Å². The average molecular weight is 244 g/mol. The van der Waals surface area contributed by atoms with E-state index >= 15 is 0 Å². The largest absolute Gasteiger partial charge is 0.335 e. The first-order chi connectivity index (χ1) is 8.25. The summed E-state index contributed by atoms with van der Waals surface area (Å²) in [7, 11) is 1.96. The summed E-state index contributed by atoms with van der Waals surface area (Å²) in [4.78, 5) is 8.29. The van der Waals surface area contributed by atoms with Crippen LogP contribution < -0.4 is 0 Å². The minimum atomic E-state index is 0.276. The molecular weight excluding hydrogens is 234 g/mol. The molecule has 0 saturated heterocycles. The van der Waals surface area contributed by atoms with Gasteiger partial charge in [-0.15, -0.1) is 0 Å². The summed E-state index contributed by atoms with van der Waals surface area (Å²) in [5.41, 5.74) is 3.13. The first kappa shape index (κ1) is 10.3. The summed E-state index contributed by atoms with van der Waals surface area (Å²) in [5.74, 6) is 0. The molecule has 0 atom stereocenters. The van der Waals surface area contributed by atoms with Gasteiger partial charge in [0.15, 0.2) is 0 Å². The van der Waals surface area contributed by atoms with E-state index in [9.17, 15) is 0 Å². The molecule has 3 aromatic rings. The molecule has 0 amide bonds. The maximum absolute atomic E-state index is 5.81. The first-order valence-corrected chi connectivity index (χ1v) is 5.66. The fourth-order valence-electron chi connectivity index (χ4n) is 1.98. The Bertz CT molecular complexity index is 674. The van der Waals surface area contributed by atoms with Crippen LogP contribution in [-0.4, -0.2) is 14.5 Å². The molecule has 0 fully saturated rings. The lowest BCUT2D eigenvalue weighted by molar-refractivity contribution is 0.944. The minimum absolute atomic E-state index is 0.276. The van der Waals surface area contributed by atoms with Crippen molar-refractivity contribution in [2.45, 2.75) is 0 Å². The van der Waals surface area contributed by atoms with Gasteiger partial charge in [-0.25, -0.2) is 4.98 Å². The van der Waals surface area contributed by atoms with Gasteiger partial charge in [0.1, 0.15) is 5.65 Å². The van der Waals surface area contributed by atoms with Crippen LogP contribution in [0.2, 0.25) is 5.28 Å². The van der Waals surface area contributed by atoms with Crippen LogP contribution in [0.3, 0.4) is 0 Å². The number of benzene rings is 1. The normalized spacial score (nSPS) is 10.9. The lowest BCUT2D eigenvalue weighted by Crippen LogP contribution is -1.89. The summed E-state index contributed by atoms with van der Waals surface area (Å²) < 4.78 is 1.96. The predicted octanol–water partition coefficient (Wildman–Crippen LogP) is 3.29. The Kier molecular flexibility index (Phi) is 2.34. The molecule has 0 radical (unpaired) electrons. The number of fused-ring (bicyclic) bond motifs is 1. The summed E-state index contributed by atoms with van der Waals surface area (Å²) >= 11 is 5.81. The molecule has 0 aliphatic carbocycles. The molecule has 4 heteroatoms. The Balaban J connectivity index is 2.32. The van der Waals surface area contributed by atoms with Crippen LogP contribution in [0.25, 0.3) is 22.2 Å². The van der Waals surface area contributed by atoms with E-state index in [1.807, 2.05) is 36.0 Å². The Morgan fingerprint density at radius 2 is 1.94 bits per heavy atom. The highest BCUT2D eigenvalue weighted by Crippen LogP contribution is 2.28. The predicted molar refractivity (Wildman–Crippen MR) is 69.0 cm³/mol. The zero-order chi connectivity index (χ0) is 11.8. The van der Waals surface area contributed by atoms with Gasteiger partial charge in [0, 0.05) is 30.4 Å². The van der Waals surface area contributed by atoms with Gasteiger partial charge in [0.2, 0.25) is 5.28 Å². The van der Waals surface area contributed by atoms with Crippen LogP contribution in [0.15, 0.2) is 42.7 Å². The Morgan fingerprint density at radius 3 is 2.71 bits per heavy atom. The first-order valence-electron chi connectivity index (χ1n) is 5.29. The second-order valence-electron chi connectivity index (χ2n) is 3.90. The van der Waals surface area contributed by atoms with E-state index in [4.69, 9.17) is 11.6 Å². The van der Waals surface area contributed by atoms with Gasteiger partial charge in [-0.2, -0.15) is 4.98 Å². The molecule has 3 rings (SSSR count). The van der Waals surface area contributed by atoms with Gasteiger partial charge >= 0.3 is 0 Å². The third kappa shape index (κ3) is 1.68. The second kappa shape index (κ2) is 3.86. The van der Waals surface area contributed by atoms with Crippen LogP contribution in [0, 0.1) is 0 Å². The van der Waals surface area contributed by atoms with Crippen LogP contribution in [0.1, 0.15) is 0 Å². The Hall–Kier alpha value is -1.87. The van der Waals surface area contributed by atoms with Gasteiger partial charge in [0.25, 0.3) is 0 Å². The van der Waals surface area contributed by atoms with Crippen molar-refractivity contribution in [1.82, 2.24) is 14.5 Å². The van der Waals surface area contributed by atoms with Crippen LogP contribution in [0.5, 0.6) is 0 Å². The average Bonchev–Trinajstić information content (AvgIpc) is 2.68. The SMILES string of the molecule is Cn1cc(-c2ccccc2)c2cnc(Cl)nc21. The van der Waals surface area contributed by atoms with Crippen molar-refractivity contribution in [2.24, 2.45) is 7.05 Å². The molecule has 84 valence electrons. The molecule has 2 heterocycles. The zero-order valence-electron chi connectivity index (χ0n) is 9.26. The fraction of sp³-hybridized carbons (Fsp3) is 0.0769. The molecule has 0 bridgehead atoms. The number of rotatable bonds is 1. The Morgan fingerprint density at radius 1 is 1.18 bits per heavy atom. The van der Waals surface area contributed by atoms with Gasteiger partial charge in [-0.05, 0) is 17.2 Å². The van der Waals surface area contributed by atoms with E-state index in [-0.39, 0.29) is 5.28 Å². The standard InChI is InChI=1S/C13H10ClN3/c1-17-8-11(9-5-3-2-4-6-9)10-7-15-13(14)16-12(10)17/h2-8H,1H3. The smallest absolute Gasteiger partial charge is 0.224 e. The lowest BCUT2D eigenvalue weighted by atomic mass is 10.1. The number of nitrogens with zero attached hydrogens (tertiary/aromatic N) is 3. The maximum atomic E-state index is 5.81. The minimum Gasteiger partial charge on any atom is -0.335 e. The van der Waals surface area contributed by atoms with E-state index in [1.54, 1.807) is 6.20 Å². The van der Waals surface area contributed by atoms with Crippen LogP contribution >= 0.6 is 11.6 Å². The third-order valence-electron chi connectivity index (χ3n) is 2.77. The molecule has 3 nitrogen and oxygen atoms in total. The number of hydrogen-bond donors (Lipinski definition) is 0. The maximum Gasteiger partial charge on any atom is 0.224 e. The van der Waals surface area contributed by atoms with Crippen molar-refractivity contribution in [1.29, 1.82) is 0 Å². The van der Waals surface area contributed by atoms with Crippen LogP contribution in [0.4, 0.5) is 0 Å².